The molecular weight excluding hydrogens is 217 g/mol. The van der Waals surface area contributed by atoms with Gasteiger partial charge in [0.2, 0.25) is 5.82 Å². The summed E-state index contributed by atoms with van der Waals surface area (Å²) in [6, 6.07) is 3.70. The average Bonchev–Trinajstić information content (AvgIpc) is 2.63. The number of hydrogen-bond donors (Lipinski definition) is 0. The third kappa shape index (κ3) is 1.62. The first-order valence-corrected chi connectivity index (χ1v) is 4.33. The molecule has 0 saturated carbocycles. The summed E-state index contributed by atoms with van der Waals surface area (Å²) in [6.07, 6.45) is 0. The van der Waals surface area contributed by atoms with Crippen molar-refractivity contribution in [1.82, 2.24) is 10.1 Å². The Morgan fingerprint density at radius 1 is 1.50 bits per heavy atom. The van der Waals surface area contributed by atoms with Gasteiger partial charge in [0, 0.05) is 0 Å². The highest BCUT2D eigenvalue weighted by molar-refractivity contribution is 5.66. The second-order valence-corrected chi connectivity index (χ2v) is 3.04. The number of nitro benzene ring substituents is 1. The maximum absolute atomic E-state index is 13.3. The lowest BCUT2D eigenvalue weighted by Gasteiger charge is -1.97. The van der Waals surface area contributed by atoms with Crippen molar-refractivity contribution in [2.45, 2.75) is 6.92 Å². The van der Waals surface area contributed by atoms with Gasteiger partial charge in [-0.25, -0.2) is 0 Å². The molecule has 0 aliphatic rings. The average molecular weight is 223 g/mol. The van der Waals surface area contributed by atoms with Gasteiger partial charge in [0.15, 0.2) is 5.82 Å². The van der Waals surface area contributed by atoms with Crippen LogP contribution in [0.3, 0.4) is 0 Å². The van der Waals surface area contributed by atoms with E-state index in [0.717, 1.165) is 6.07 Å². The molecule has 0 unspecified atom stereocenters. The summed E-state index contributed by atoms with van der Waals surface area (Å²) in [4.78, 5) is 13.7. The summed E-state index contributed by atoms with van der Waals surface area (Å²) in [5.74, 6) is -0.671. The van der Waals surface area contributed by atoms with Crippen molar-refractivity contribution in [2.24, 2.45) is 0 Å². The van der Waals surface area contributed by atoms with Crippen molar-refractivity contribution < 1.29 is 13.8 Å². The Hall–Kier alpha value is -2.31. The molecule has 16 heavy (non-hydrogen) atoms. The molecular formula is C9H6FN3O3. The minimum atomic E-state index is -0.932. The first kappa shape index (κ1) is 10.2. The van der Waals surface area contributed by atoms with Gasteiger partial charge in [0.1, 0.15) is 5.56 Å². The van der Waals surface area contributed by atoms with Crippen molar-refractivity contribution in [3.8, 4) is 11.5 Å². The Bertz CT molecular complexity index is 553. The molecule has 7 heteroatoms. The van der Waals surface area contributed by atoms with Gasteiger partial charge in [-0.15, -0.1) is 0 Å². The zero-order chi connectivity index (χ0) is 11.7. The van der Waals surface area contributed by atoms with E-state index in [2.05, 4.69) is 10.1 Å². The molecule has 0 aliphatic carbocycles. The molecule has 1 aromatic carbocycles. The highest BCUT2D eigenvalue weighted by atomic mass is 19.1. The third-order valence-corrected chi connectivity index (χ3v) is 1.93. The van der Waals surface area contributed by atoms with Crippen molar-refractivity contribution in [1.29, 1.82) is 0 Å². The van der Waals surface area contributed by atoms with Gasteiger partial charge in [0.25, 0.3) is 5.89 Å². The van der Waals surface area contributed by atoms with Crippen LogP contribution in [0.2, 0.25) is 0 Å². The number of hydrogen-bond acceptors (Lipinski definition) is 5. The van der Waals surface area contributed by atoms with E-state index >= 15 is 0 Å². The zero-order valence-electron chi connectivity index (χ0n) is 8.18. The fourth-order valence-corrected chi connectivity index (χ4v) is 1.28. The van der Waals surface area contributed by atoms with Gasteiger partial charge in [-0.1, -0.05) is 11.2 Å². The Kier molecular flexibility index (Phi) is 2.35. The number of aryl methyl sites for hydroxylation is 1. The number of benzene rings is 1. The van der Waals surface area contributed by atoms with E-state index in [1.165, 1.54) is 12.1 Å². The van der Waals surface area contributed by atoms with E-state index in [1.807, 2.05) is 0 Å². The predicted octanol–water partition coefficient (Wildman–Crippen LogP) is 2.09. The molecule has 0 amide bonds. The van der Waals surface area contributed by atoms with Gasteiger partial charge < -0.3 is 4.52 Å². The van der Waals surface area contributed by atoms with Crippen LogP contribution in [0.15, 0.2) is 22.7 Å². The molecule has 0 saturated heterocycles. The van der Waals surface area contributed by atoms with Crippen LogP contribution in [-0.4, -0.2) is 15.1 Å². The molecule has 0 aliphatic heterocycles. The maximum atomic E-state index is 13.3. The Morgan fingerprint density at radius 2 is 2.25 bits per heavy atom. The zero-order valence-corrected chi connectivity index (χ0v) is 8.18. The molecule has 0 radical (unpaired) electrons. The van der Waals surface area contributed by atoms with Gasteiger partial charge in [-0.2, -0.15) is 9.37 Å². The van der Waals surface area contributed by atoms with Crippen LogP contribution in [0, 0.1) is 22.9 Å². The van der Waals surface area contributed by atoms with Crippen molar-refractivity contribution in [2.75, 3.05) is 0 Å². The summed E-state index contributed by atoms with van der Waals surface area (Å²) in [5, 5.41) is 14.2. The maximum Gasteiger partial charge on any atom is 0.317 e. The normalized spacial score (nSPS) is 10.4. The lowest BCUT2D eigenvalue weighted by Crippen LogP contribution is -1.95. The van der Waals surface area contributed by atoms with Crippen molar-refractivity contribution >= 4 is 5.69 Å². The van der Waals surface area contributed by atoms with Crippen LogP contribution < -0.4 is 0 Å². The van der Waals surface area contributed by atoms with E-state index < -0.39 is 16.4 Å². The van der Waals surface area contributed by atoms with Gasteiger partial charge >= 0.3 is 5.69 Å². The molecule has 2 aromatic rings. The highest BCUT2D eigenvalue weighted by Gasteiger charge is 2.24. The van der Waals surface area contributed by atoms with Gasteiger partial charge in [0.05, 0.1) is 4.92 Å². The van der Waals surface area contributed by atoms with Crippen molar-refractivity contribution in [3.05, 3.63) is 40.0 Å². The second kappa shape index (κ2) is 3.69. The number of aromatic nitrogens is 2. The summed E-state index contributed by atoms with van der Waals surface area (Å²) < 4.78 is 18.0. The molecule has 6 nitrogen and oxygen atoms in total. The standard InChI is InChI=1S/C9H6FN3O3/c1-5-11-9(16-12-5)6-3-2-4-7(10)8(6)13(14)15/h2-4H,1H3. The lowest BCUT2D eigenvalue weighted by atomic mass is 10.1. The third-order valence-electron chi connectivity index (χ3n) is 1.93. The van der Waals surface area contributed by atoms with E-state index in [0.29, 0.717) is 5.82 Å². The Balaban J connectivity index is 2.65. The quantitative estimate of drug-likeness (QED) is 0.575. The van der Waals surface area contributed by atoms with Crippen LogP contribution in [0.5, 0.6) is 0 Å². The lowest BCUT2D eigenvalue weighted by molar-refractivity contribution is -0.386. The summed E-state index contributed by atoms with van der Waals surface area (Å²) in [6.45, 7) is 1.57. The molecule has 0 bridgehead atoms. The Morgan fingerprint density at radius 3 is 2.81 bits per heavy atom. The Labute approximate surface area is 88.9 Å². The first-order valence-electron chi connectivity index (χ1n) is 4.33. The van der Waals surface area contributed by atoms with Crippen LogP contribution in [0.25, 0.3) is 11.5 Å². The fourth-order valence-electron chi connectivity index (χ4n) is 1.28. The number of para-hydroxylation sites is 1. The molecule has 0 atom stereocenters. The van der Waals surface area contributed by atoms with E-state index in [4.69, 9.17) is 4.52 Å². The first-order chi connectivity index (χ1) is 7.59. The minimum absolute atomic E-state index is 0.0226. The van der Waals surface area contributed by atoms with Crippen LogP contribution in [0.1, 0.15) is 5.82 Å². The number of nitro groups is 1. The van der Waals surface area contributed by atoms with Crippen LogP contribution in [-0.2, 0) is 0 Å². The monoisotopic (exact) mass is 223 g/mol. The number of halogens is 1. The molecule has 0 N–H and O–H groups in total. The number of rotatable bonds is 2. The summed E-state index contributed by atoms with van der Waals surface area (Å²) in [5.41, 5.74) is -0.684. The topological polar surface area (TPSA) is 82.1 Å². The molecule has 2 rings (SSSR count). The fraction of sp³-hybridized carbons (Fsp3) is 0.111. The van der Waals surface area contributed by atoms with Gasteiger partial charge in [-0.3, -0.25) is 10.1 Å². The van der Waals surface area contributed by atoms with E-state index in [9.17, 15) is 14.5 Å². The smallest absolute Gasteiger partial charge is 0.317 e. The van der Waals surface area contributed by atoms with E-state index in [-0.39, 0.29) is 11.5 Å². The number of nitrogens with zero attached hydrogens (tertiary/aromatic N) is 3. The molecule has 82 valence electrons. The molecule has 1 heterocycles. The second-order valence-electron chi connectivity index (χ2n) is 3.04. The molecule has 0 fully saturated rings. The van der Waals surface area contributed by atoms with Crippen LogP contribution >= 0.6 is 0 Å². The predicted molar refractivity (Wildman–Crippen MR) is 51.1 cm³/mol. The summed E-state index contributed by atoms with van der Waals surface area (Å²) >= 11 is 0. The van der Waals surface area contributed by atoms with E-state index in [1.54, 1.807) is 6.92 Å². The van der Waals surface area contributed by atoms with Gasteiger partial charge in [-0.05, 0) is 19.1 Å². The SMILES string of the molecule is Cc1noc(-c2cccc(F)c2[N+](=O)[O-])n1. The largest absolute Gasteiger partial charge is 0.334 e. The van der Waals surface area contributed by atoms with Crippen molar-refractivity contribution in [3.63, 3.8) is 0 Å². The van der Waals surface area contributed by atoms with Crippen LogP contribution in [0.4, 0.5) is 10.1 Å². The molecule has 1 aromatic heterocycles. The molecule has 0 spiro atoms. The highest BCUT2D eigenvalue weighted by Crippen LogP contribution is 2.30. The summed E-state index contributed by atoms with van der Waals surface area (Å²) in [7, 11) is 0. The minimum Gasteiger partial charge on any atom is -0.334 e.